The number of tetrazole rings is 1. The number of carboxylic acid groups (broad SMARTS) is 1. The van der Waals surface area contributed by atoms with E-state index < -0.39 is 17.9 Å². The second-order valence-electron chi connectivity index (χ2n) is 8.10. The summed E-state index contributed by atoms with van der Waals surface area (Å²) < 4.78 is 1.59. The first-order valence-corrected chi connectivity index (χ1v) is 12.1. The summed E-state index contributed by atoms with van der Waals surface area (Å²) in [4.78, 5) is 27.0. The van der Waals surface area contributed by atoms with Gasteiger partial charge in [0.2, 0.25) is 0 Å². The van der Waals surface area contributed by atoms with Gasteiger partial charge in [0.1, 0.15) is 6.04 Å². The average Bonchev–Trinajstić information content (AvgIpc) is 3.53. The third-order valence-corrected chi connectivity index (χ3v) is 6.74. The van der Waals surface area contributed by atoms with Crippen LogP contribution in [0.25, 0.3) is 27.5 Å². The SMILES string of the molecule is Cc1ccc(-c2cc(C(=O)N[C@@H](CC(C)C)C(=O)O)cc(-n3nnnc3-c3ccsc3)c2)s1. The second kappa shape index (κ2) is 9.63. The van der Waals surface area contributed by atoms with E-state index in [1.807, 2.05) is 55.8 Å². The zero-order valence-corrected chi connectivity index (χ0v) is 20.0. The number of hydrogen-bond donors (Lipinski definition) is 2. The minimum absolute atomic E-state index is 0.122. The van der Waals surface area contributed by atoms with E-state index in [1.54, 1.807) is 28.2 Å². The molecule has 1 aromatic carbocycles. The summed E-state index contributed by atoms with van der Waals surface area (Å²) in [6, 6.07) is 10.4. The molecule has 0 radical (unpaired) electrons. The van der Waals surface area contributed by atoms with Gasteiger partial charge in [0, 0.05) is 26.3 Å². The van der Waals surface area contributed by atoms with Gasteiger partial charge in [0.05, 0.1) is 5.69 Å². The van der Waals surface area contributed by atoms with Gasteiger partial charge in [-0.2, -0.15) is 16.0 Å². The first-order chi connectivity index (χ1) is 15.8. The number of thiophene rings is 2. The van der Waals surface area contributed by atoms with Crippen molar-refractivity contribution in [3.05, 3.63) is 57.6 Å². The fourth-order valence-electron chi connectivity index (χ4n) is 3.46. The molecule has 0 aliphatic carbocycles. The molecule has 4 rings (SSSR count). The van der Waals surface area contributed by atoms with E-state index in [9.17, 15) is 14.7 Å². The molecule has 3 aromatic heterocycles. The van der Waals surface area contributed by atoms with E-state index in [4.69, 9.17) is 0 Å². The molecule has 0 saturated heterocycles. The Morgan fingerprint density at radius 3 is 2.61 bits per heavy atom. The summed E-state index contributed by atoms with van der Waals surface area (Å²) in [5.74, 6) is -0.825. The number of aromatic nitrogens is 4. The first-order valence-electron chi connectivity index (χ1n) is 10.4. The highest BCUT2D eigenvalue weighted by Crippen LogP contribution is 2.31. The van der Waals surface area contributed by atoms with Crippen LogP contribution in [0.3, 0.4) is 0 Å². The predicted octanol–water partition coefficient (Wildman–Crippen LogP) is 4.66. The lowest BCUT2D eigenvalue weighted by Gasteiger charge is -2.17. The van der Waals surface area contributed by atoms with Gasteiger partial charge >= 0.3 is 5.97 Å². The Balaban J connectivity index is 1.77. The van der Waals surface area contributed by atoms with E-state index in [2.05, 4.69) is 20.8 Å². The summed E-state index contributed by atoms with van der Waals surface area (Å²) >= 11 is 3.15. The van der Waals surface area contributed by atoms with Gasteiger partial charge < -0.3 is 10.4 Å². The molecule has 4 aromatic rings. The molecule has 2 N–H and O–H groups in total. The maximum Gasteiger partial charge on any atom is 0.326 e. The number of carbonyl (C=O) groups is 2. The van der Waals surface area contributed by atoms with Crippen LogP contribution in [-0.2, 0) is 4.79 Å². The number of aryl methyl sites for hydroxylation is 1. The third-order valence-electron chi connectivity index (χ3n) is 5.01. The van der Waals surface area contributed by atoms with Gasteiger partial charge in [-0.15, -0.1) is 16.4 Å². The Hall–Kier alpha value is -3.37. The number of hydrogen-bond acceptors (Lipinski definition) is 7. The quantitative estimate of drug-likeness (QED) is 0.379. The van der Waals surface area contributed by atoms with Crippen molar-refractivity contribution in [1.29, 1.82) is 0 Å². The average molecular weight is 482 g/mol. The maximum absolute atomic E-state index is 13.1. The number of rotatable bonds is 8. The van der Waals surface area contributed by atoms with Crippen molar-refractivity contribution in [1.82, 2.24) is 25.5 Å². The molecule has 1 amide bonds. The van der Waals surface area contributed by atoms with E-state index in [0.717, 1.165) is 20.9 Å². The Morgan fingerprint density at radius 2 is 1.97 bits per heavy atom. The molecule has 0 spiro atoms. The van der Waals surface area contributed by atoms with Crippen LogP contribution in [0.15, 0.2) is 47.2 Å². The molecule has 0 aliphatic heterocycles. The van der Waals surface area contributed by atoms with E-state index in [0.29, 0.717) is 23.5 Å². The smallest absolute Gasteiger partial charge is 0.326 e. The van der Waals surface area contributed by atoms with Gasteiger partial charge in [-0.05, 0) is 77.0 Å². The van der Waals surface area contributed by atoms with Crippen LogP contribution in [-0.4, -0.2) is 43.2 Å². The van der Waals surface area contributed by atoms with Crippen LogP contribution >= 0.6 is 22.7 Å². The number of benzene rings is 1. The summed E-state index contributed by atoms with van der Waals surface area (Å²) in [7, 11) is 0. The Labute approximate surface area is 198 Å². The molecule has 0 bridgehead atoms. The normalized spacial score (nSPS) is 12.1. The number of nitrogens with one attached hydrogen (secondary N) is 1. The highest BCUT2D eigenvalue weighted by molar-refractivity contribution is 7.15. The lowest BCUT2D eigenvalue weighted by Crippen LogP contribution is -2.41. The zero-order chi connectivity index (χ0) is 23.5. The van der Waals surface area contributed by atoms with Crippen LogP contribution in [0.1, 0.15) is 35.5 Å². The van der Waals surface area contributed by atoms with Gasteiger partial charge in [0.15, 0.2) is 5.82 Å². The number of amides is 1. The maximum atomic E-state index is 13.1. The monoisotopic (exact) mass is 481 g/mol. The van der Waals surface area contributed by atoms with E-state index >= 15 is 0 Å². The van der Waals surface area contributed by atoms with Crippen molar-refractivity contribution < 1.29 is 14.7 Å². The molecule has 170 valence electrons. The fraction of sp³-hybridized carbons (Fsp3) is 0.261. The highest BCUT2D eigenvalue weighted by atomic mass is 32.1. The Bertz CT molecular complexity index is 1280. The second-order valence-corrected chi connectivity index (χ2v) is 10.2. The molecule has 0 saturated carbocycles. The zero-order valence-electron chi connectivity index (χ0n) is 18.3. The number of aliphatic carboxylic acids is 1. The van der Waals surface area contributed by atoms with Crippen molar-refractivity contribution in [2.75, 3.05) is 0 Å². The van der Waals surface area contributed by atoms with E-state index in [1.165, 1.54) is 11.3 Å². The largest absolute Gasteiger partial charge is 0.480 e. The van der Waals surface area contributed by atoms with Crippen LogP contribution in [0, 0.1) is 12.8 Å². The molecule has 0 aliphatic rings. The lowest BCUT2D eigenvalue weighted by molar-refractivity contribution is -0.139. The summed E-state index contributed by atoms with van der Waals surface area (Å²) in [5, 5.41) is 28.3. The first kappa shape index (κ1) is 22.8. The topological polar surface area (TPSA) is 110 Å². The van der Waals surface area contributed by atoms with Crippen LogP contribution in [0.4, 0.5) is 0 Å². The van der Waals surface area contributed by atoms with Crippen LogP contribution < -0.4 is 5.32 Å². The van der Waals surface area contributed by atoms with E-state index in [-0.39, 0.29) is 5.92 Å². The molecule has 1 atom stereocenters. The molecule has 0 unspecified atom stereocenters. The summed E-state index contributed by atoms with van der Waals surface area (Å²) in [6.07, 6.45) is 0.340. The van der Waals surface area contributed by atoms with Gasteiger partial charge in [-0.3, -0.25) is 4.79 Å². The molecule has 3 heterocycles. The number of nitrogens with zero attached hydrogens (tertiary/aromatic N) is 4. The Morgan fingerprint density at radius 1 is 1.15 bits per heavy atom. The number of carbonyl (C=O) groups excluding carboxylic acids is 1. The fourth-order valence-corrected chi connectivity index (χ4v) is 4.95. The molecule has 0 fully saturated rings. The van der Waals surface area contributed by atoms with Gasteiger partial charge in [-0.25, -0.2) is 4.79 Å². The molecular formula is C23H23N5O3S2. The van der Waals surface area contributed by atoms with Crippen LogP contribution in [0.5, 0.6) is 0 Å². The molecule has 10 heteroatoms. The summed E-state index contributed by atoms with van der Waals surface area (Å²) in [6.45, 7) is 5.86. The summed E-state index contributed by atoms with van der Waals surface area (Å²) in [5.41, 5.74) is 2.66. The van der Waals surface area contributed by atoms with Crippen molar-refractivity contribution in [2.45, 2.75) is 33.2 Å². The van der Waals surface area contributed by atoms with Crippen molar-refractivity contribution in [2.24, 2.45) is 5.92 Å². The number of carboxylic acids is 1. The Kier molecular flexibility index (Phi) is 6.66. The van der Waals surface area contributed by atoms with Crippen molar-refractivity contribution in [3.63, 3.8) is 0 Å². The van der Waals surface area contributed by atoms with Gasteiger partial charge in [0.25, 0.3) is 5.91 Å². The minimum atomic E-state index is -1.05. The van der Waals surface area contributed by atoms with Crippen molar-refractivity contribution in [3.8, 4) is 27.5 Å². The molecule has 8 nitrogen and oxygen atoms in total. The minimum Gasteiger partial charge on any atom is -0.480 e. The third kappa shape index (κ3) is 5.18. The highest BCUT2D eigenvalue weighted by Gasteiger charge is 2.23. The standard InChI is InChI=1S/C23H23N5O3S2/c1-13(2)8-19(23(30)31)24-22(29)17-9-16(20-5-4-14(3)33-20)10-18(11-17)28-21(25-26-27-28)15-6-7-32-12-15/h4-7,9-13,19H,8H2,1-3H3,(H,24,29)(H,30,31)/t19-/m0/s1. The van der Waals surface area contributed by atoms with Gasteiger partial charge in [-0.1, -0.05) is 13.8 Å². The lowest BCUT2D eigenvalue weighted by atomic mass is 10.0. The molecular weight excluding hydrogens is 458 g/mol. The predicted molar refractivity (Wildman–Crippen MR) is 129 cm³/mol. The van der Waals surface area contributed by atoms with Crippen LogP contribution in [0.2, 0.25) is 0 Å². The molecule has 33 heavy (non-hydrogen) atoms. The van der Waals surface area contributed by atoms with Crippen molar-refractivity contribution >= 4 is 34.6 Å².